The molecule has 1 aliphatic rings. The molecule has 1 amide bonds. The minimum atomic E-state index is -0.430. The molecule has 108 valence electrons. The van der Waals surface area contributed by atoms with E-state index in [1.807, 2.05) is 33.8 Å². The molecule has 1 aromatic rings. The Morgan fingerprint density at radius 1 is 1.20 bits per heavy atom. The maximum absolute atomic E-state index is 12.2. The monoisotopic (exact) mass is 275 g/mol. The molecular weight excluding hydrogens is 254 g/mol. The van der Waals surface area contributed by atoms with Crippen molar-refractivity contribution in [2.45, 2.75) is 39.7 Å². The normalized spacial score (nSPS) is 14.9. The number of nitrogens with zero attached hydrogens (tertiary/aromatic N) is 1. The van der Waals surface area contributed by atoms with Crippen molar-refractivity contribution in [3.05, 3.63) is 28.8 Å². The fraction of sp³-hybridized carbons (Fsp3) is 0.500. The Morgan fingerprint density at radius 2 is 1.85 bits per heavy atom. The van der Waals surface area contributed by atoms with E-state index in [-0.39, 0.29) is 5.60 Å². The zero-order valence-corrected chi connectivity index (χ0v) is 12.7. The van der Waals surface area contributed by atoms with Crippen molar-refractivity contribution in [1.82, 2.24) is 0 Å². The number of hydrogen-bond acceptors (Lipinski definition) is 3. The molecule has 4 heteroatoms. The van der Waals surface area contributed by atoms with E-state index in [1.54, 1.807) is 18.1 Å². The molecule has 0 bridgehead atoms. The highest BCUT2D eigenvalue weighted by atomic mass is 16.5. The molecule has 0 saturated heterocycles. The molecule has 0 N–H and O–H groups in total. The second-order valence-corrected chi connectivity index (χ2v) is 5.90. The molecule has 0 atom stereocenters. The third kappa shape index (κ3) is 2.36. The van der Waals surface area contributed by atoms with Crippen LogP contribution in [-0.2, 0) is 9.53 Å². The molecule has 1 heterocycles. The van der Waals surface area contributed by atoms with Gasteiger partial charge in [0, 0.05) is 13.7 Å². The lowest BCUT2D eigenvalue weighted by molar-refractivity contribution is -0.114. The molecule has 2 rings (SSSR count). The van der Waals surface area contributed by atoms with E-state index in [0.29, 0.717) is 18.5 Å². The number of Topliss-reactive ketones (excluding diaryl/α,β-unsaturated/α-hetero) is 1. The van der Waals surface area contributed by atoms with Crippen LogP contribution in [0.5, 0.6) is 0 Å². The van der Waals surface area contributed by atoms with Gasteiger partial charge in [-0.1, -0.05) is 6.07 Å². The van der Waals surface area contributed by atoms with Crippen molar-refractivity contribution in [2.75, 3.05) is 18.6 Å². The minimum Gasteiger partial charge on any atom is -0.379 e. The molecule has 20 heavy (non-hydrogen) atoms. The van der Waals surface area contributed by atoms with Crippen LogP contribution in [0.3, 0.4) is 0 Å². The number of ketones is 1. The second kappa shape index (κ2) is 5.02. The third-order valence-electron chi connectivity index (χ3n) is 4.15. The molecule has 0 spiro atoms. The van der Waals surface area contributed by atoms with Crippen molar-refractivity contribution in [2.24, 2.45) is 0 Å². The van der Waals surface area contributed by atoms with Gasteiger partial charge in [-0.2, -0.15) is 0 Å². The highest BCUT2D eigenvalue weighted by molar-refractivity contribution is 6.52. The first-order valence-corrected chi connectivity index (χ1v) is 6.80. The van der Waals surface area contributed by atoms with E-state index in [1.165, 1.54) is 0 Å². The summed E-state index contributed by atoms with van der Waals surface area (Å²) in [7, 11) is 1.65. The van der Waals surface area contributed by atoms with E-state index >= 15 is 0 Å². The Morgan fingerprint density at radius 3 is 2.45 bits per heavy atom. The van der Waals surface area contributed by atoms with Crippen molar-refractivity contribution >= 4 is 17.4 Å². The summed E-state index contributed by atoms with van der Waals surface area (Å²) in [5.74, 6) is -0.834. The maximum atomic E-state index is 12.2. The lowest BCUT2D eigenvalue weighted by Crippen LogP contribution is -2.36. The predicted molar refractivity (Wildman–Crippen MR) is 78.3 cm³/mol. The van der Waals surface area contributed by atoms with Crippen LogP contribution in [-0.4, -0.2) is 30.9 Å². The summed E-state index contributed by atoms with van der Waals surface area (Å²) in [6.07, 6.45) is 0.676. The number of benzene rings is 1. The van der Waals surface area contributed by atoms with Crippen LogP contribution in [0.15, 0.2) is 12.1 Å². The van der Waals surface area contributed by atoms with Gasteiger partial charge in [-0.15, -0.1) is 0 Å². The van der Waals surface area contributed by atoms with Gasteiger partial charge in [-0.3, -0.25) is 9.59 Å². The van der Waals surface area contributed by atoms with Crippen LogP contribution in [0.2, 0.25) is 0 Å². The highest BCUT2D eigenvalue weighted by Gasteiger charge is 2.37. The van der Waals surface area contributed by atoms with Crippen LogP contribution in [0, 0.1) is 13.8 Å². The number of fused-ring (bicyclic) bond motifs is 1. The SMILES string of the molecule is COC(C)(C)CCN1C(=O)C(=O)c2ccc(C)c(C)c21. The quantitative estimate of drug-likeness (QED) is 0.794. The fourth-order valence-electron chi connectivity index (χ4n) is 2.37. The zero-order chi connectivity index (χ0) is 15.1. The highest BCUT2D eigenvalue weighted by Crippen LogP contribution is 2.34. The Hall–Kier alpha value is -1.68. The Kier molecular flexibility index (Phi) is 3.69. The lowest BCUT2D eigenvalue weighted by Gasteiger charge is -2.27. The summed E-state index contributed by atoms with van der Waals surface area (Å²) in [5, 5.41) is 0. The maximum Gasteiger partial charge on any atom is 0.299 e. The van der Waals surface area contributed by atoms with E-state index in [2.05, 4.69) is 0 Å². The van der Waals surface area contributed by atoms with Gasteiger partial charge in [0.2, 0.25) is 0 Å². The van der Waals surface area contributed by atoms with Crippen molar-refractivity contribution in [3.63, 3.8) is 0 Å². The van der Waals surface area contributed by atoms with Gasteiger partial charge in [0.1, 0.15) is 0 Å². The third-order valence-corrected chi connectivity index (χ3v) is 4.15. The van der Waals surface area contributed by atoms with Gasteiger partial charge in [-0.25, -0.2) is 0 Å². The molecule has 4 nitrogen and oxygen atoms in total. The number of hydrogen-bond donors (Lipinski definition) is 0. The largest absolute Gasteiger partial charge is 0.379 e. The predicted octanol–water partition coefficient (Wildman–Crippen LogP) is 2.65. The molecule has 1 aliphatic heterocycles. The standard InChI is InChI=1S/C16H21NO3/c1-10-6-7-12-13(11(10)2)17(15(19)14(12)18)9-8-16(3,4)20-5/h6-7H,8-9H2,1-5H3. The molecule has 0 radical (unpaired) electrons. The summed E-state index contributed by atoms with van der Waals surface area (Å²) < 4.78 is 5.38. The number of rotatable bonds is 4. The molecule has 0 unspecified atom stereocenters. The Bertz CT molecular complexity index is 575. The number of carbonyl (C=O) groups excluding carboxylic acids is 2. The topological polar surface area (TPSA) is 46.6 Å². The van der Waals surface area contributed by atoms with Gasteiger partial charge in [-0.05, 0) is 51.3 Å². The molecule has 0 saturated carbocycles. The van der Waals surface area contributed by atoms with Gasteiger partial charge >= 0.3 is 0 Å². The number of aryl methyl sites for hydroxylation is 1. The molecule has 0 aromatic heterocycles. The van der Waals surface area contributed by atoms with Crippen LogP contribution in [0.4, 0.5) is 5.69 Å². The number of carbonyl (C=O) groups is 2. The van der Waals surface area contributed by atoms with Crippen molar-refractivity contribution in [1.29, 1.82) is 0 Å². The van der Waals surface area contributed by atoms with Gasteiger partial charge in [0.05, 0.1) is 16.9 Å². The fourth-order valence-corrected chi connectivity index (χ4v) is 2.37. The number of methoxy groups -OCH3 is 1. The number of ether oxygens (including phenoxy) is 1. The van der Waals surface area contributed by atoms with Gasteiger partial charge in [0.15, 0.2) is 0 Å². The average molecular weight is 275 g/mol. The van der Waals surface area contributed by atoms with Crippen LogP contribution in [0.25, 0.3) is 0 Å². The second-order valence-electron chi connectivity index (χ2n) is 5.90. The molecule has 0 fully saturated rings. The summed E-state index contributed by atoms with van der Waals surface area (Å²) >= 11 is 0. The van der Waals surface area contributed by atoms with Gasteiger partial charge < -0.3 is 9.64 Å². The first kappa shape index (κ1) is 14.7. The van der Waals surface area contributed by atoms with Crippen LogP contribution in [0.1, 0.15) is 41.8 Å². The van der Waals surface area contributed by atoms with Crippen LogP contribution < -0.4 is 4.90 Å². The zero-order valence-electron chi connectivity index (χ0n) is 12.7. The molecule has 0 aliphatic carbocycles. The van der Waals surface area contributed by atoms with Crippen LogP contribution >= 0.6 is 0 Å². The minimum absolute atomic E-state index is 0.316. The molecule has 1 aromatic carbocycles. The smallest absolute Gasteiger partial charge is 0.299 e. The Balaban J connectivity index is 2.35. The van der Waals surface area contributed by atoms with Crippen molar-refractivity contribution < 1.29 is 14.3 Å². The summed E-state index contributed by atoms with van der Waals surface area (Å²) in [5.41, 5.74) is 3.06. The van der Waals surface area contributed by atoms with E-state index in [4.69, 9.17) is 4.74 Å². The first-order valence-electron chi connectivity index (χ1n) is 6.80. The lowest BCUT2D eigenvalue weighted by atomic mass is 10.0. The average Bonchev–Trinajstić information content (AvgIpc) is 2.65. The number of anilines is 1. The van der Waals surface area contributed by atoms with E-state index in [9.17, 15) is 9.59 Å². The van der Waals surface area contributed by atoms with Gasteiger partial charge in [0.25, 0.3) is 11.7 Å². The van der Waals surface area contributed by atoms with Crippen molar-refractivity contribution in [3.8, 4) is 0 Å². The van der Waals surface area contributed by atoms with E-state index < -0.39 is 11.7 Å². The van der Waals surface area contributed by atoms with E-state index in [0.717, 1.165) is 16.8 Å². The summed E-state index contributed by atoms with van der Waals surface area (Å²) in [6.45, 7) is 8.37. The number of amides is 1. The molecular formula is C16H21NO3. The summed E-state index contributed by atoms with van der Waals surface area (Å²) in [4.78, 5) is 25.8. The first-order chi connectivity index (χ1) is 9.28. The Labute approximate surface area is 119 Å². The summed E-state index contributed by atoms with van der Waals surface area (Å²) in [6, 6.07) is 3.64.